The molecule has 132 valence electrons. The molecule has 7 nitrogen and oxygen atoms in total. The molecule has 0 bridgehead atoms. The molecule has 1 aromatic carbocycles. The maximum atomic E-state index is 13.0. The van der Waals surface area contributed by atoms with Crippen molar-refractivity contribution in [1.82, 2.24) is 14.8 Å². The van der Waals surface area contributed by atoms with Crippen LogP contribution >= 0.6 is 0 Å². The van der Waals surface area contributed by atoms with E-state index in [1.807, 2.05) is 0 Å². The number of carbonyl (C=O) groups excluding carboxylic acids is 1. The van der Waals surface area contributed by atoms with Crippen LogP contribution in [-0.2, 0) is 6.54 Å². The van der Waals surface area contributed by atoms with Gasteiger partial charge in [0.15, 0.2) is 5.69 Å². The van der Waals surface area contributed by atoms with E-state index in [2.05, 4.69) is 15.4 Å². The number of benzene rings is 1. The lowest BCUT2D eigenvalue weighted by Crippen LogP contribution is -2.16. The monoisotopic (exact) mass is 354 g/mol. The van der Waals surface area contributed by atoms with E-state index in [0.717, 1.165) is 5.69 Å². The van der Waals surface area contributed by atoms with Crippen LogP contribution < -0.4 is 5.32 Å². The fourth-order valence-corrected chi connectivity index (χ4v) is 2.30. The van der Waals surface area contributed by atoms with Crippen molar-refractivity contribution in [3.63, 3.8) is 0 Å². The molecule has 0 radical (unpaired) electrons. The van der Waals surface area contributed by atoms with Crippen molar-refractivity contribution < 1.29 is 19.1 Å². The molecule has 2 heterocycles. The molecule has 0 spiro atoms. The summed E-state index contributed by atoms with van der Waals surface area (Å²) in [6, 6.07) is 10.3. The fourth-order valence-electron chi connectivity index (χ4n) is 2.30. The largest absolute Gasteiger partial charge is 0.476 e. The summed E-state index contributed by atoms with van der Waals surface area (Å²) in [6.07, 6.45) is 1.43. The third kappa shape index (κ3) is 3.92. The van der Waals surface area contributed by atoms with Gasteiger partial charge in [0.1, 0.15) is 11.6 Å². The van der Waals surface area contributed by atoms with Gasteiger partial charge < -0.3 is 10.4 Å². The Morgan fingerprint density at radius 3 is 2.54 bits per heavy atom. The molecule has 26 heavy (non-hydrogen) atoms. The number of hydrogen-bond donors (Lipinski definition) is 2. The molecule has 0 aliphatic heterocycles. The van der Waals surface area contributed by atoms with Gasteiger partial charge in [-0.05, 0) is 36.8 Å². The molecule has 2 aromatic heterocycles. The smallest absolute Gasteiger partial charge is 0.356 e. The van der Waals surface area contributed by atoms with Crippen molar-refractivity contribution in [2.45, 2.75) is 13.5 Å². The van der Waals surface area contributed by atoms with Gasteiger partial charge >= 0.3 is 5.97 Å². The van der Waals surface area contributed by atoms with Gasteiger partial charge in [-0.15, -0.1) is 0 Å². The van der Waals surface area contributed by atoms with Crippen LogP contribution in [0.4, 0.5) is 10.2 Å². The Labute approximate surface area is 148 Å². The summed E-state index contributed by atoms with van der Waals surface area (Å²) in [6.45, 7) is 1.98. The zero-order chi connectivity index (χ0) is 18.7. The topological polar surface area (TPSA) is 97.1 Å². The van der Waals surface area contributed by atoms with Gasteiger partial charge in [-0.1, -0.05) is 12.1 Å². The molecule has 2 N–H and O–H groups in total. The number of carbonyl (C=O) groups is 2. The molecule has 1 amide bonds. The number of carboxylic acids is 1. The minimum absolute atomic E-state index is 0.176. The predicted octanol–water partition coefficient (Wildman–Crippen LogP) is 2.72. The number of nitrogens with zero attached hydrogens (tertiary/aromatic N) is 3. The number of pyridine rings is 1. The summed E-state index contributed by atoms with van der Waals surface area (Å²) in [5.74, 6) is -1.80. The summed E-state index contributed by atoms with van der Waals surface area (Å²) < 4.78 is 14.4. The van der Waals surface area contributed by atoms with Crippen molar-refractivity contribution in [2.75, 3.05) is 5.32 Å². The maximum absolute atomic E-state index is 13.0. The van der Waals surface area contributed by atoms with Gasteiger partial charge in [0.25, 0.3) is 5.91 Å². The van der Waals surface area contributed by atoms with E-state index in [1.165, 1.54) is 29.1 Å². The van der Waals surface area contributed by atoms with Crippen molar-refractivity contribution in [2.24, 2.45) is 0 Å². The van der Waals surface area contributed by atoms with E-state index >= 15 is 0 Å². The second-order valence-corrected chi connectivity index (χ2v) is 5.65. The number of aromatic nitrogens is 3. The number of carboxylic acid groups (broad SMARTS) is 1. The van der Waals surface area contributed by atoms with E-state index < -0.39 is 11.9 Å². The van der Waals surface area contributed by atoms with Crippen LogP contribution in [0.25, 0.3) is 0 Å². The Hall–Kier alpha value is -3.55. The number of amides is 1. The van der Waals surface area contributed by atoms with Gasteiger partial charge in [0.05, 0.1) is 12.1 Å². The second-order valence-electron chi connectivity index (χ2n) is 5.65. The predicted molar refractivity (Wildman–Crippen MR) is 91.6 cm³/mol. The fraction of sp³-hybridized carbons (Fsp3) is 0.111. The summed E-state index contributed by atoms with van der Waals surface area (Å²) in [4.78, 5) is 27.6. The zero-order valence-corrected chi connectivity index (χ0v) is 13.8. The quantitative estimate of drug-likeness (QED) is 0.734. The molecule has 3 aromatic rings. The van der Waals surface area contributed by atoms with Gasteiger partial charge in [0, 0.05) is 18.0 Å². The molecule has 3 rings (SSSR count). The first-order valence-corrected chi connectivity index (χ1v) is 7.72. The molecule has 0 unspecified atom stereocenters. The summed E-state index contributed by atoms with van der Waals surface area (Å²) >= 11 is 0. The van der Waals surface area contributed by atoms with Crippen molar-refractivity contribution in [3.8, 4) is 0 Å². The molecule has 0 aliphatic rings. The van der Waals surface area contributed by atoms with E-state index in [4.69, 9.17) is 5.11 Å². The van der Waals surface area contributed by atoms with Crippen LogP contribution in [0.2, 0.25) is 0 Å². The first-order chi connectivity index (χ1) is 12.4. The highest BCUT2D eigenvalue weighted by atomic mass is 19.1. The van der Waals surface area contributed by atoms with Gasteiger partial charge in [-0.25, -0.2) is 13.9 Å². The molecular weight excluding hydrogens is 339 g/mol. The number of aromatic carboxylic acids is 1. The number of halogens is 1. The van der Waals surface area contributed by atoms with Crippen molar-refractivity contribution >= 4 is 17.7 Å². The molecule has 8 heteroatoms. The number of nitrogens with one attached hydrogen (secondary N) is 1. The minimum atomic E-state index is -1.21. The summed E-state index contributed by atoms with van der Waals surface area (Å²) in [7, 11) is 0. The molecule has 0 saturated carbocycles. The highest BCUT2D eigenvalue weighted by Crippen LogP contribution is 2.15. The van der Waals surface area contributed by atoms with E-state index in [0.29, 0.717) is 11.1 Å². The van der Waals surface area contributed by atoms with Crippen LogP contribution in [0.5, 0.6) is 0 Å². The molecule has 0 aliphatic carbocycles. The third-order valence-electron chi connectivity index (χ3n) is 3.66. The average Bonchev–Trinajstić information content (AvgIpc) is 3.00. The Morgan fingerprint density at radius 2 is 1.92 bits per heavy atom. The number of aryl methyl sites for hydroxylation is 1. The average molecular weight is 354 g/mol. The first-order valence-electron chi connectivity index (χ1n) is 7.72. The lowest BCUT2D eigenvalue weighted by Gasteiger charge is -2.09. The lowest BCUT2D eigenvalue weighted by atomic mass is 10.2. The molecule has 0 fully saturated rings. The number of anilines is 1. The second kappa shape index (κ2) is 7.14. The SMILES string of the molecule is Cc1ccc(C(=O)Nc2cc(C(=O)O)nn2Cc2ccc(F)cc2)cn1. The molecule has 0 atom stereocenters. The normalized spacial score (nSPS) is 10.5. The Bertz CT molecular complexity index is 950. The van der Waals surface area contributed by atoms with Crippen LogP contribution in [0.15, 0.2) is 48.7 Å². The minimum Gasteiger partial charge on any atom is -0.476 e. The van der Waals surface area contributed by atoms with Gasteiger partial charge in [-0.3, -0.25) is 9.78 Å². The van der Waals surface area contributed by atoms with E-state index in [9.17, 15) is 14.0 Å². The molecule has 0 saturated heterocycles. The van der Waals surface area contributed by atoms with Crippen molar-refractivity contribution in [1.29, 1.82) is 0 Å². The van der Waals surface area contributed by atoms with Crippen LogP contribution in [0.1, 0.15) is 32.1 Å². The van der Waals surface area contributed by atoms with Crippen LogP contribution in [-0.4, -0.2) is 31.7 Å². The number of hydrogen-bond acceptors (Lipinski definition) is 4. The Morgan fingerprint density at radius 1 is 1.19 bits per heavy atom. The Balaban J connectivity index is 1.87. The van der Waals surface area contributed by atoms with Crippen molar-refractivity contribution in [3.05, 3.63) is 77.0 Å². The molecular formula is C18H15FN4O3. The zero-order valence-electron chi connectivity index (χ0n) is 13.8. The highest BCUT2D eigenvalue weighted by molar-refractivity contribution is 6.04. The first kappa shape index (κ1) is 17.3. The standard InChI is InChI=1S/C18H15FN4O3/c1-11-2-5-13(9-20-11)17(24)21-16-8-15(18(25)26)22-23(16)10-12-3-6-14(19)7-4-12/h2-9H,10H2,1H3,(H,21,24)(H,25,26). The van der Waals surface area contributed by atoms with Crippen LogP contribution in [0, 0.1) is 12.7 Å². The number of rotatable bonds is 5. The summed E-state index contributed by atoms with van der Waals surface area (Å²) in [5.41, 5.74) is 1.61. The van der Waals surface area contributed by atoms with Crippen LogP contribution in [0.3, 0.4) is 0 Å². The van der Waals surface area contributed by atoms with E-state index in [-0.39, 0.29) is 23.9 Å². The van der Waals surface area contributed by atoms with Gasteiger partial charge in [0.2, 0.25) is 0 Å². The third-order valence-corrected chi connectivity index (χ3v) is 3.66. The Kier molecular flexibility index (Phi) is 4.74. The van der Waals surface area contributed by atoms with Gasteiger partial charge in [-0.2, -0.15) is 5.10 Å². The maximum Gasteiger partial charge on any atom is 0.356 e. The van der Waals surface area contributed by atoms with E-state index in [1.54, 1.807) is 31.2 Å². The highest BCUT2D eigenvalue weighted by Gasteiger charge is 2.16. The summed E-state index contributed by atoms with van der Waals surface area (Å²) in [5, 5.41) is 15.8. The lowest BCUT2D eigenvalue weighted by molar-refractivity contribution is 0.0689.